The van der Waals surface area contributed by atoms with E-state index < -0.39 is 0 Å². The van der Waals surface area contributed by atoms with Gasteiger partial charge in [0.15, 0.2) is 0 Å². The highest BCUT2D eigenvalue weighted by molar-refractivity contribution is 5.85. The number of carbonyl (C=O) groups is 1. The minimum absolute atomic E-state index is 0. The lowest BCUT2D eigenvalue weighted by molar-refractivity contribution is -0.122. The third-order valence-electron chi connectivity index (χ3n) is 3.86. The molecule has 0 radical (unpaired) electrons. The van der Waals surface area contributed by atoms with Gasteiger partial charge in [0.1, 0.15) is 5.82 Å². The van der Waals surface area contributed by atoms with E-state index >= 15 is 0 Å². The molecule has 2 rings (SSSR count). The zero-order valence-corrected chi connectivity index (χ0v) is 12.3. The molecule has 1 aliphatic rings. The Labute approximate surface area is 125 Å². The molecule has 1 aromatic rings. The summed E-state index contributed by atoms with van der Waals surface area (Å²) in [4.78, 5) is 11.9. The van der Waals surface area contributed by atoms with Crippen LogP contribution in [0.2, 0.25) is 0 Å². The molecule has 0 bridgehead atoms. The van der Waals surface area contributed by atoms with Gasteiger partial charge in [0.25, 0.3) is 0 Å². The molecule has 0 saturated heterocycles. The van der Waals surface area contributed by atoms with E-state index in [9.17, 15) is 9.18 Å². The van der Waals surface area contributed by atoms with Crippen molar-refractivity contribution in [2.24, 2.45) is 11.7 Å². The van der Waals surface area contributed by atoms with Gasteiger partial charge in [-0.05, 0) is 49.4 Å². The van der Waals surface area contributed by atoms with Crippen molar-refractivity contribution in [3.05, 3.63) is 35.6 Å². The molecule has 1 aliphatic carbocycles. The number of benzene rings is 1. The van der Waals surface area contributed by atoms with Gasteiger partial charge in [-0.25, -0.2) is 4.39 Å². The summed E-state index contributed by atoms with van der Waals surface area (Å²) in [6.45, 7) is 0.642. The molecule has 2 unspecified atom stereocenters. The summed E-state index contributed by atoms with van der Waals surface area (Å²) in [5.41, 5.74) is 6.68. The molecule has 3 N–H and O–H groups in total. The molecular weight excluding hydrogens is 279 g/mol. The van der Waals surface area contributed by atoms with Crippen molar-refractivity contribution in [1.29, 1.82) is 0 Å². The van der Waals surface area contributed by atoms with Crippen molar-refractivity contribution >= 4 is 18.3 Å². The second kappa shape index (κ2) is 8.22. The van der Waals surface area contributed by atoms with Crippen LogP contribution in [0.5, 0.6) is 0 Å². The Morgan fingerprint density at radius 1 is 1.30 bits per heavy atom. The first kappa shape index (κ1) is 16.9. The van der Waals surface area contributed by atoms with Crippen molar-refractivity contribution in [3.8, 4) is 0 Å². The van der Waals surface area contributed by atoms with Gasteiger partial charge in [-0.3, -0.25) is 4.79 Å². The highest BCUT2D eigenvalue weighted by Gasteiger charge is 2.26. The Balaban J connectivity index is 0.00000200. The van der Waals surface area contributed by atoms with E-state index in [1.165, 1.54) is 12.1 Å². The van der Waals surface area contributed by atoms with Gasteiger partial charge in [-0.1, -0.05) is 18.6 Å². The van der Waals surface area contributed by atoms with Crippen LogP contribution in [0.25, 0.3) is 0 Å². The van der Waals surface area contributed by atoms with Crippen LogP contribution in [-0.2, 0) is 11.2 Å². The van der Waals surface area contributed by atoms with E-state index in [1.807, 2.05) is 0 Å². The smallest absolute Gasteiger partial charge is 0.220 e. The van der Waals surface area contributed by atoms with Crippen LogP contribution in [0.1, 0.15) is 31.2 Å². The summed E-state index contributed by atoms with van der Waals surface area (Å²) in [7, 11) is 0. The molecule has 0 heterocycles. The maximum atomic E-state index is 12.7. The normalized spacial score (nSPS) is 21.3. The molecule has 112 valence electrons. The summed E-state index contributed by atoms with van der Waals surface area (Å²) >= 11 is 0. The van der Waals surface area contributed by atoms with Gasteiger partial charge < -0.3 is 11.1 Å². The summed E-state index contributed by atoms with van der Waals surface area (Å²) < 4.78 is 12.7. The number of rotatable bonds is 5. The van der Waals surface area contributed by atoms with Crippen molar-refractivity contribution in [2.75, 3.05) is 6.54 Å². The minimum atomic E-state index is -0.245. The first-order valence-corrected chi connectivity index (χ1v) is 6.93. The van der Waals surface area contributed by atoms with E-state index in [1.54, 1.807) is 12.1 Å². The predicted molar refractivity (Wildman–Crippen MR) is 80.3 cm³/mol. The highest BCUT2D eigenvalue weighted by atomic mass is 35.5. The fourth-order valence-electron chi connectivity index (χ4n) is 2.70. The number of hydrogen-bond acceptors (Lipinski definition) is 2. The lowest BCUT2D eigenvalue weighted by Gasteiger charge is -2.19. The number of nitrogens with one attached hydrogen (secondary N) is 1. The molecule has 1 aromatic carbocycles. The van der Waals surface area contributed by atoms with Crippen molar-refractivity contribution in [2.45, 2.75) is 38.1 Å². The van der Waals surface area contributed by atoms with E-state index in [-0.39, 0.29) is 30.2 Å². The fraction of sp³-hybridized carbons (Fsp3) is 0.533. The third-order valence-corrected chi connectivity index (χ3v) is 3.86. The molecule has 5 heteroatoms. The molecule has 3 nitrogen and oxygen atoms in total. The van der Waals surface area contributed by atoms with E-state index in [2.05, 4.69) is 5.32 Å². The first-order valence-electron chi connectivity index (χ1n) is 6.93. The Morgan fingerprint density at radius 2 is 2.00 bits per heavy atom. The van der Waals surface area contributed by atoms with Crippen LogP contribution in [0.4, 0.5) is 4.39 Å². The third kappa shape index (κ3) is 4.76. The average Bonchev–Trinajstić information content (AvgIpc) is 2.85. The van der Waals surface area contributed by atoms with Crippen LogP contribution in [0.3, 0.4) is 0 Å². The lowest BCUT2D eigenvalue weighted by Crippen LogP contribution is -2.39. The maximum absolute atomic E-state index is 12.7. The summed E-state index contributed by atoms with van der Waals surface area (Å²) in [5.74, 6) is 0.245. The Hall–Kier alpha value is -1.13. The molecule has 2 atom stereocenters. The standard InChI is InChI=1S/C15H21FN2O.ClH/c16-13-7-4-11(5-8-13)6-9-15(19)18-14-3-1-2-12(14)10-17;/h4-5,7-8,12,14H,1-3,6,9-10,17H2,(H,18,19);1H. The average molecular weight is 301 g/mol. The van der Waals surface area contributed by atoms with Gasteiger partial charge in [-0.2, -0.15) is 0 Å². The topological polar surface area (TPSA) is 55.1 Å². The maximum Gasteiger partial charge on any atom is 0.220 e. The molecule has 0 aliphatic heterocycles. The van der Waals surface area contributed by atoms with Crippen molar-refractivity contribution < 1.29 is 9.18 Å². The van der Waals surface area contributed by atoms with Crippen LogP contribution in [0.15, 0.2) is 24.3 Å². The van der Waals surface area contributed by atoms with Crippen LogP contribution in [0, 0.1) is 11.7 Å². The highest BCUT2D eigenvalue weighted by Crippen LogP contribution is 2.24. The number of hydrogen-bond donors (Lipinski definition) is 2. The van der Waals surface area contributed by atoms with E-state index in [4.69, 9.17) is 5.73 Å². The van der Waals surface area contributed by atoms with Gasteiger partial charge in [-0.15, -0.1) is 12.4 Å². The Bertz CT molecular complexity index is 424. The Morgan fingerprint density at radius 3 is 2.65 bits per heavy atom. The minimum Gasteiger partial charge on any atom is -0.353 e. The SMILES string of the molecule is Cl.NCC1CCCC1NC(=O)CCc1ccc(F)cc1. The predicted octanol–water partition coefficient (Wildman–Crippen LogP) is 2.42. The number of halogens is 2. The second-order valence-electron chi connectivity index (χ2n) is 5.23. The molecule has 1 fully saturated rings. The zero-order valence-electron chi connectivity index (χ0n) is 11.5. The number of aryl methyl sites for hydroxylation is 1. The number of amides is 1. The van der Waals surface area contributed by atoms with E-state index in [0.29, 0.717) is 25.3 Å². The van der Waals surface area contributed by atoms with Gasteiger partial charge in [0.05, 0.1) is 0 Å². The van der Waals surface area contributed by atoms with Crippen LogP contribution >= 0.6 is 12.4 Å². The van der Waals surface area contributed by atoms with Gasteiger partial charge >= 0.3 is 0 Å². The quantitative estimate of drug-likeness (QED) is 0.877. The lowest BCUT2D eigenvalue weighted by atomic mass is 10.0. The summed E-state index contributed by atoms with van der Waals surface area (Å²) in [5, 5.41) is 3.07. The van der Waals surface area contributed by atoms with Crippen LogP contribution < -0.4 is 11.1 Å². The monoisotopic (exact) mass is 300 g/mol. The van der Waals surface area contributed by atoms with Crippen molar-refractivity contribution in [3.63, 3.8) is 0 Å². The van der Waals surface area contributed by atoms with Gasteiger partial charge in [0.2, 0.25) is 5.91 Å². The van der Waals surface area contributed by atoms with E-state index in [0.717, 1.165) is 24.8 Å². The molecule has 20 heavy (non-hydrogen) atoms. The largest absolute Gasteiger partial charge is 0.353 e. The number of nitrogens with two attached hydrogens (primary N) is 1. The fourth-order valence-corrected chi connectivity index (χ4v) is 2.70. The van der Waals surface area contributed by atoms with Crippen molar-refractivity contribution in [1.82, 2.24) is 5.32 Å². The molecule has 0 aromatic heterocycles. The summed E-state index contributed by atoms with van der Waals surface area (Å²) in [6, 6.07) is 6.54. The molecular formula is C15H22ClFN2O. The first-order chi connectivity index (χ1) is 9.19. The number of carbonyl (C=O) groups excluding carboxylic acids is 1. The Kier molecular flexibility index (Phi) is 6.96. The molecule has 0 spiro atoms. The van der Waals surface area contributed by atoms with Gasteiger partial charge in [0, 0.05) is 12.5 Å². The summed E-state index contributed by atoms with van der Waals surface area (Å²) in [6.07, 6.45) is 4.37. The zero-order chi connectivity index (χ0) is 13.7. The molecule has 1 saturated carbocycles. The molecule has 1 amide bonds. The second-order valence-corrected chi connectivity index (χ2v) is 5.23. The van der Waals surface area contributed by atoms with Crippen LogP contribution in [-0.4, -0.2) is 18.5 Å².